The molecular formula is C15H22N2S. The molecule has 98 valence electrons. The standard InChI is InChI=1S/C9H14N2.C6H6.H2S/c1-2-3-4-6-9-10-7-5-8-11-9;1-2-4-6-5-3-1;/h5,7-8H,2-4,6H2,1H3;1-6H;1H2. The summed E-state index contributed by atoms with van der Waals surface area (Å²) in [5.41, 5.74) is 0. The summed E-state index contributed by atoms with van der Waals surface area (Å²) in [6, 6.07) is 13.9. The Balaban J connectivity index is 0.000000352. The molecule has 0 aliphatic rings. The molecule has 0 bridgehead atoms. The summed E-state index contributed by atoms with van der Waals surface area (Å²) >= 11 is 0. The van der Waals surface area contributed by atoms with Crippen LogP contribution in [-0.4, -0.2) is 9.97 Å². The molecule has 1 aromatic carbocycles. The molecule has 0 aliphatic carbocycles. The highest BCUT2D eigenvalue weighted by Crippen LogP contribution is 1.99. The van der Waals surface area contributed by atoms with Crippen molar-refractivity contribution < 1.29 is 0 Å². The maximum atomic E-state index is 4.14. The van der Waals surface area contributed by atoms with Crippen LogP contribution in [0.25, 0.3) is 0 Å². The van der Waals surface area contributed by atoms with Gasteiger partial charge in [0.15, 0.2) is 0 Å². The Bertz CT molecular complexity index is 338. The summed E-state index contributed by atoms with van der Waals surface area (Å²) in [7, 11) is 0. The molecule has 0 radical (unpaired) electrons. The van der Waals surface area contributed by atoms with Crippen molar-refractivity contribution in [2.75, 3.05) is 0 Å². The summed E-state index contributed by atoms with van der Waals surface area (Å²) in [5, 5.41) is 0. The van der Waals surface area contributed by atoms with Crippen molar-refractivity contribution >= 4 is 13.5 Å². The third-order valence-electron chi connectivity index (χ3n) is 2.29. The van der Waals surface area contributed by atoms with Crippen LogP contribution >= 0.6 is 13.5 Å². The summed E-state index contributed by atoms with van der Waals surface area (Å²) in [5.74, 6) is 0.973. The normalized spacial score (nSPS) is 8.72. The molecule has 0 N–H and O–H groups in total. The van der Waals surface area contributed by atoms with Gasteiger partial charge < -0.3 is 0 Å². The van der Waals surface area contributed by atoms with Crippen LogP contribution in [0.4, 0.5) is 0 Å². The fourth-order valence-corrected chi connectivity index (χ4v) is 1.38. The Morgan fingerprint density at radius 2 is 1.28 bits per heavy atom. The molecule has 0 atom stereocenters. The maximum Gasteiger partial charge on any atom is 0.128 e. The van der Waals surface area contributed by atoms with Gasteiger partial charge in [-0.3, -0.25) is 0 Å². The third kappa shape index (κ3) is 8.76. The number of nitrogens with zero attached hydrogens (tertiary/aromatic N) is 2. The predicted molar refractivity (Wildman–Crippen MR) is 82.1 cm³/mol. The van der Waals surface area contributed by atoms with Crippen molar-refractivity contribution in [2.24, 2.45) is 0 Å². The lowest BCUT2D eigenvalue weighted by Crippen LogP contribution is -1.92. The van der Waals surface area contributed by atoms with Gasteiger partial charge >= 0.3 is 0 Å². The van der Waals surface area contributed by atoms with Gasteiger partial charge in [0, 0.05) is 18.8 Å². The molecule has 1 aromatic heterocycles. The molecule has 0 amide bonds. The van der Waals surface area contributed by atoms with Gasteiger partial charge in [0.05, 0.1) is 0 Å². The monoisotopic (exact) mass is 262 g/mol. The minimum absolute atomic E-state index is 0. The first-order chi connectivity index (χ1) is 8.43. The smallest absolute Gasteiger partial charge is 0.128 e. The van der Waals surface area contributed by atoms with Crippen LogP contribution in [0.3, 0.4) is 0 Å². The van der Waals surface area contributed by atoms with Gasteiger partial charge in [-0.05, 0) is 12.5 Å². The van der Waals surface area contributed by atoms with Crippen LogP contribution < -0.4 is 0 Å². The summed E-state index contributed by atoms with van der Waals surface area (Å²) in [6.07, 6.45) is 8.36. The molecule has 0 saturated carbocycles. The van der Waals surface area contributed by atoms with Crippen LogP contribution in [0.5, 0.6) is 0 Å². The van der Waals surface area contributed by atoms with Gasteiger partial charge in [-0.25, -0.2) is 9.97 Å². The molecular weight excluding hydrogens is 240 g/mol. The zero-order chi connectivity index (χ0) is 12.2. The number of aryl methyl sites for hydroxylation is 1. The predicted octanol–water partition coefficient (Wildman–Crippen LogP) is 4.01. The number of hydrogen-bond donors (Lipinski definition) is 0. The lowest BCUT2D eigenvalue weighted by atomic mass is 10.2. The summed E-state index contributed by atoms with van der Waals surface area (Å²) < 4.78 is 0. The SMILES string of the molecule is CCCCCc1ncccn1.S.c1ccccc1. The van der Waals surface area contributed by atoms with Crippen molar-refractivity contribution in [3.05, 3.63) is 60.7 Å². The molecule has 0 aliphatic heterocycles. The fraction of sp³-hybridized carbons (Fsp3) is 0.333. The largest absolute Gasteiger partial charge is 0.241 e. The molecule has 3 heteroatoms. The van der Waals surface area contributed by atoms with E-state index in [2.05, 4.69) is 16.9 Å². The van der Waals surface area contributed by atoms with Crippen molar-refractivity contribution in [1.82, 2.24) is 9.97 Å². The first-order valence-electron chi connectivity index (χ1n) is 6.19. The molecule has 2 aromatic rings. The van der Waals surface area contributed by atoms with E-state index in [9.17, 15) is 0 Å². The quantitative estimate of drug-likeness (QED) is 0.778. The van der Waals surface area contributed by atoms with Gasteiger partial charge in [-0.2, -0.15) is 13.5 Å². The van der Waals surface area contributed by atoms with Crippen molar-refractivity contribution in [2.45, 2.75) is 32.6 Å². The van der Waals surface area contributed by atoms with E-state index < -0.39 is 0 Å². The van der Waals surface area contributed by atoms with E-state index in [1.165, 1.54) is 19.3 Å². The molecule has 18 heavy (non-hydrogen) atoms. The lowest BCUT2D eigenvalue weighted by molar-refractivity contribution is 0.693. The first kappa shape index (κ1) is 16.6. The van der Waals surface area contributed by atoms with Crippen LogP contribution in [-0.2, 0) is 6.42 Å². The average Bonchev–Trinajstić information content (AvgIpc) is 2.43. The van der Waals surface area contributed by atoms with Crippen LogP contribution in [0.15, 0.2) is 54.9 Å². The highest BCUT2D eigenvalue weighted by atomic mass is 32.1. The number of hydrogen-bond acceptors (Lipinski definition) is 2. The van der Waals surface area contributed by atoms with E-state index >= 15 is 0 Å². The first-order valence-corrected chi connectivity index (χ1v) is 6.19. The Kier molecular flexibility index (Phi) is 11.2. The molecule has 0 spiro atoms. The van der Waals surface area contributed by atoms with E-state index in [4.69, 9.17) is 0 Å². The van der Waals surface area contributed by atoms with Crippen molar-refractivity contribution in [1.29, 1.82) is 0 Å². The highest BCUT2D eigenvalue weighted by Gasteiger charge is 1.92. The number of unbranched alkanes of at least 4 members (excludes halogenated alkanes) is 2. The van der Waals surface area contributed by atoms with Crippen molar-refractivity contribution in [3.8, 4) is 0 Å². The Morgan fingerprint density at radius 1 is 0.778 bits per heavy atom. The Hall–Kier alpha value is -1.35. The minimum Gasteiger partial charge on any atom is -0.241 e. The second-order valence-electron chi connectivity index (χ2n) is 3.78. The molecule has 0 unspecified atom stereocenters. The number of aromatic nitrogens is 2. The molecule has 1 heterocycles. The maximum absolute atomic E-state index is 4.14. The average molecular weight is 262 g/mol. The lowest BCUT2D eigenvalue weighted by Gasteiger charge is -1.96. The highest BCUT2D eigenvalue weighted by molar-refractivity contribution is 7.59. The van der Waals surface area contributed by atoms with Crippen LogP contribution in [0.1, 0.15) is 32.0 Å². The van der Waals surface area contributed by atoms with Crippen LogP contribution in [0.2, 0.25) is 0 Å². The minimum atomic E-state index is 0. The van der Waals surface area contributed by atoms with E-state index in [1.807, 2.05) is 42.5 Å². The topological polar surface area (TPSA) is 25.8 Å². The van der Waals surface area contributed by atoms with E-state index in [0.717, 1.165) is 12.2 Å². The van der Waals surface area contributed by atoms with Crippen LogP contribution in [0, 0.1) is 0 Å². The van der Waals surface area contributed by atoms with Crippen molar-refractivity contribution in [3.63, 3.8) is 0 Å². The zero-order valence-corrected chi connectivity index (χ0v) is 11.9. The van der Waals surface area contributed by atoms with E-state index in [-0.39, 0.29) is 13.5 Å². The fourth-order valence-electron chi connectivity index (χ4n) is 1.38. The van der Waals surface area contributed by atoms with Gasteiger partial charge in [0.1, 0.15) is 5.82 Å². The number of benzene rings is 1. The third-order valence-corrected chi connectivity index (χ3v) is 2.29. The Labute approximate surface area is 117 Å². The van der Waals surface area contributed by atoms with Gasteiger partial charge in [-0.1, -0.05) is 56.2 Å². The molecule has 0 fully saturated rings. The summed E-state index contributed by atoms with van der Waals surface area (Å²) in [4.78, 5) is 8.28. The van der Waals surface area contributed by atoms with Gasteiger partial charge in [-0.15, -0.1) is 0 Å². The second kappa shape index (κ2) is 12.1. The second-order valence-corrected chi connectivity index (χ2v) is 3.78. The van der Waals surface area contributed by atoms with E-state index in [0.29, 0.717) is 0 Å². The van der Waals surface area contributed by atoms with E-state index in [1.54, 1.807) is 12.4 Å². The molecule has 2 rings (SSSR count). The zero-order valence-electron chi connectivity index (χ0n) is 10.9. The number of rotatable bonds is 4. The Morgan fingerprint density at radius 3 is 1.72 bits per heavy atom. The van der Waals surface area contributed by atoms with Gasteiger partial charge in [0.2, 0.25) is 0 Å². The summed E-state index contributed by atoms with van der Waals surface area (Å²) in [6.45, 7) is 2.20. The molecule has 0 saturated heterocycles. The molecule has 2 nitrogen and oxygen atoms in total. The van der Waals surface area contributed by atoms with Gasteiger partial charge in [0.25, 0.3) is 0 Å².